The third-order valence-electron chi connectivity index (χ3n) is 4.06. The summed E-state index contributed by atoms with van der Waals surface area (Å²) >= 11 is 0. The van der Waals surface area contributed by atoms with Gasteiger partial charge in [-0.2, -0.15) is 0 Å². The number of fused-ring (bicyclic) bond motifs is 1. The van der Waals surface area contributed by atoms with Crippen LogP contribution in [0.3, 0.4) is 0 Å². The van der Waals surface area contributed by atoms with Gasteiger partial charge in [0.1, 0.15) is 6.61 Å². The molecule has 0 radical (unpaired) electrons. The molecule has 0 saturated carbocycles. The summed E-state index contributed by atoms with van der Waals surface area (Å²) in [6, 6.07) is 7.90. The van der Waals surface area contributed by atoms with Crippen molar-refractivity contribution in [3.63, 3.8) is 0 Å². The number of ether oxygens (including phenoxy) is 2. The molecule has 1 aromatic carbocycles. The van der Waals surface area contributed by atoms with E-state index >= 15 is 0 Å². The van der Waals surface area contributed by atoms with Gasteiger partial charge in [0.25, 0.3) is 0 Å². The smallest absolute Gasteiger partial charge is 0.340 e. The first-order chi connectivity index (χ1) is 10.6. The second kappa shape index (κ2) is 6.44. The van der Waals surface area contributed by atoms with E-state index in [4.69, 9.17) is 9.47 Å². The molecule has 3 rings (SSSR count). The normalized spacial score (nSPS) is 18.4. The number of pyridine rings is 1. The highest BCUT2D eigenvalue weighted by Gasteiger charge is 2.18. The number of carbonyl (C=O) groups is 1. The number of nitrogens with zero attached hydrogens (tertiary/aromatic N) is 1. The van der Waals surface area contributed by atoms with Gasteiger partial charge in [-0.1, -0.05) is 11.6 Å². The summed E-state index contributed by atoms with van der Waals surface area (Å²) in [6.07, 6.45) is 3.23. The van der Waals surface area contributed by atoms with Crippen molar-refractivity contribution in [1.29, 1.82) is 0 Å². The van der Waals surface area contributed by atoms with Crippen molar-refractivity contribution in [1.82, 2.24) is 4.98 Å². The lowest BCUT2D eigenvalue weighted by molar-refractivity contribution is -0.0300. The van der Waals surface area contributed by atoms with Crippen LogP contribution in [-0.2, 0) is 9.47 Å². The molecule has 1 aromatic heterocycles. The van der Waals surface area contributed by atoms with E-state index in [2.05, 4.69) is 4.98 Å². The van der Waals surface area contributed by atoms with Crippen molar-refractivity contribution < 1.29 is 14.3 Å². The third-order valence-corrected chi connectivity index (χ3v) is 4.06. The van der Waals surface area contributed by atoms with Crippen LogP contribution in [0.4, 0.5) is 0 Å². The zero-order valence-electron chi connectivity index (χ0n) is 13.1. The van der Waals surface area contributed by atoms with E-state index < -0.39 is 0 Å². The molecular formula is C18H21NO3. The number of hydrogen-bond acceptors (Lipinski definition) is 4. The molecule has 1 unspecified atom stereocenters. The van der Waals surface area contributed by atoms with Crippen molar-refractivity contribution in [2.45, 2.75) is 39.2 Å². The summed E-state index contributed by atoms with van der Waals surface area (Å²) < 4.78 is 11.0. The lowest BCUT2D eigenvalue weighted by Crippen LogP contribution is -2.26. The van der Waals surface area contributed by atoms with Gasteiger partial charge in [-0.05, 0) is 51.3 Å². The predicted octanol–water partition coefficient (Wildman–Crippen LogP) is 3.58. The van der Waals surface area contributed by atoms with Crippen LogP contribution in [0.25, 0.3) is 10.9 Å². The first-order valence-corrected chi connectivity index (χ1v) is 7.80. The molecule has 0 N–H and O–H groups in total. The summed E-state index contributed by atoms with van der Waals surface area (Å²) in [5, 5.41) is 0.964. The minimum Gasteiger partial charge on any atom is -0.459 e. The maximum absolute atomic E-state index is 12.3. The van der Waals surface area contributed by atoms with E-state index in [0.29, 0.717) is 17.9 Å². The predicted molar refractivity (Wildman–Crippen MR) is 85.1 cm³/mol. The maximum atomic E-state index is 12.3. The molecular weight excluding hydrogens is 278 g/mol. The second-order valence-electron chi connectivity index (χ2n) is 5.90. The van der Waals surface area contributed by atoms with E-state index in [-0.39, 0.29) is 12.1 Å². The largest absolute Gasteiger partial charge is 0.459 e. The van der Waals surface area contributed by atoms with Crippen molar-refractivity contribution >= 4 is 16.9 Å². The first kappa shape index (κ1) is 15.0. The molecule has 1 aliphatic rings. The standard InChI is InChI=1S/C18H21NO3/c1-12-6-7-17-14(9-12)10-16(13(2)19-17)18(20)22-11-15-5-3-4-8-21-15/h6-7,9-10,15H,3-5,8,11H2,1-2H3. The van der Waals surface area contributed by atoms with Gasteiger partial charge in [0.15, 0.2) is 0 Å². The number of hydrogen-bond donors (Lipinski definition) is 0. The van der Waals surface area contributed by atoms with Crippen LogP contribution in [0.1, 0.15) is 40.9 Å². The van der Waals surface area contributed by atoms with Crippen molar-refractivity contribution in [3.05, 3.63) is 41.1 Å². The van der Waals surface area contributed by atoms with E-state index in [9.17, 15) is 4.79 Å². The molecule has 4 heteroatoms. The average molecular weight is 299 g/mol. The molecule has 1 atom stereocenters. The topological polar surface area (TPSA) is 48.4 Å². The first-order valence-electron chi connectivity index (χ1n) is 7.80. The van der Waals surface area contributed by atoms with Gasteiger partial charge in [0, 0.05) is 12.0 Å². The molecule has 0 bridgehead atoms. The molecule has 0 aliphatic carbocycles. The Morgan fingerprint density at radius 2 is 2.18 bits per heavy atom. The molecule has 1 saturated heterocycles. The molecule has 22 heavy (non-hydrogen) atoms. The lowest BCUT2D eigenvalue weighted by Gasteiger charge is -2.22. The zero-order chi connectivity index (χ0) is 15.5. The number of aryl methyl sites for hydroxylation is 2. The molecule has 0 spiro atoms. The van der Waals surface area contributed by atoms with Gasteiger partial charge in [0.05, 0.1) is 22.9 Å². The summed E-state index contributed by atoms with van der Waals surface area (Å²) in [5.41, 5.74) is 3.28. The quantitative estimate of drug-likeness (QED) is 0.813. The van der Waals surface area contributed by atoms with Crippen molar-refractivity contribution in [3.8, 4) is 0 Å². The van der Waals surface area contributed by atoms with E-state index in [1.54, 1.807) is 0 Å². The zero-order valence-corrected chi connectivity index (χ0v) is 13.1. The van der Waals surface area contributed by atoms with Crippen LogP contribution in [0.15, 0.2) is 24.3 Å². The fourth-order valence-electron chi connectivity index (χ4n) is 2.78. The summed E-state index contributed by atoms with van der Waals surface area (Å²) in [6.45, 7) is 4.95. The fraction of sp³-hybridized carbons (Fsp3) is 0.444. The highest BCUT2D eigenvalue weighted by molar-refractivity contribution is 5.95. The number of benzene rings is 1. The second-order valence-corrected chi connectivity index (χ2v) is 5.90. The third kappa shape index (κ3) is 3.28. The van der Waals surface area contributed by atoms with Crippen molar-refractivity contribution in [2.75, 3.05) is 13.2 Å². The molecule has 1 aliphatic heterocycles. The summed E-state index contributed by atoms with van der Waals surface area (Å²) in [7, 11) is 0. The molecule has 1 fully saturated rings. The maximum Gasteiger partial charge on any atom is 0.340 e. The monoisotopic (exact) mass is 299 g/mol. The minimum atomic E-state index is -0.317. The molecule has 2 aromatic rings. The van der Waals surface area contributed by atoms with E-state index in [1.807, 2.05) is 38.1 Å². The Kier molecular flexibility index (Phi) is 4.39. The lowest BCUT2D eigenvalue weighted by atomic mass is 10.1. The van der Waals surface area contributed by atoms with Gasteiger partial charge in [-0.15, -0.1) is 0 Å². The van der Waals surface area contributed by atoms with Crippen LogP contribution < -0.4 is 0 Å². The van der Waals surface area contributed by atoms with Crippen LogP contribution in [0.5, 0.6) is 0 Å². The Morgan fingerprint density at radius 1 is 1.32 bits per heavy atom. The minimum absolute atomic E-state index is 0.0358. The van der Waals surface area contributed by atoms with Gasteiger partial charge in [-0.25, -0.2) is 4.79 Å². The highest BCUT2D eigenvalue weighted by atomic mass is 16.6. The Hall–Kier alpha value is -1.94. The fourth-order valence-corrected chi connectivity index (χ4v) is 2.78. The van der Waals surface area contributed by atoms with Crippen LogP contribution in [0, 0.1) is 13.8 Å². The van der Waals surface area contributed by atoms with Crippen LogP contribution >= 0.6 is 0 Å². The summed E-state index contributed by atoms with van der Waals surface area (Å²) in [4.78, 5) is 16.8. The molecule has 4 nitrogen and oxygen atoms in total. The van der Waals surface area contributed by atoms with E-state index in [1.165, 1.54) is 0 Å². The molecule has 0 amide bonds. The SMILES string of the molecule is Cc1ccc2nc(C)c(C(=O)OCC3CCCCO3)cc2c1. The van der Waals surface area contributed by atoms with Crippen LogP contribution in [-0.4, -0.2) is 30.3 Å². The van der Waals surface area contributed by atoms with E-state index in [0.717, 1.165) is 42.3 Å². The van der Waals surface area contributed by atoms with Crippen LogP contribution in [0.2, 0.25) is 0 Å². The van der Waals surface area contributed by atoms with Gasteiger partial charge < -0.3 is 9.47 Å². The number of rotatable bonds is 3. The average Bonchev–Trinajstić information content (AvgIpc) is 2.53. The van der Waals surface area contributed by atoms with Gasteiger partial charge in [0.2, 0.25) is 0 Å². The van der Waals surface area contributed by atoms with Gasteiger partial charge >= 0.3 is 5.97 Å². The molecule has 116 valence electrons. The summed E-state index contributed by atoms with van der Waals surface area (Å²) in [5.74, 6) is -0.317. The number of aromatic nitrogens is 1. The Bertz CT molecular complexity index is 690. The number of carbonyl (C=O) groups excluding carboxylic acids is 1. The molecule has 2 heterocycles. The van der Waals surface area contributed by atoms with Crippen molar-refractivity contribution in [2.24, 2.45) is 0 Å². The Labute approximate surface area is 130 Å². The highest BCUT2D eigenvalue weighted by Crippen LogP contribution is 2.19. The Balaban J connectivity index is 1.76. The Morgan fingerprint density at radius 3 is 2.95 bits per heavy atom. The number of esters is 1. The van der Waals surface area contributed by atoms with Gasteiger partial charge in [-0.3, -0.25) is 4.98 Å².